The third-order valence-corrected chi connectivity index (χ3v) is 3.46. The molecule has 0 radical (unpaired) electrons. The number of amides is 1. The van der Waals surface area contributed by atoms with E-state index in [1.807, 2.05) is 13.2 Å². The van der Waals surface area contributed by atoms with Crippen LogP contribution in [0.15, 0.2) is 18.5 Å². The second kappa shape index (κ2) is 6.36. The molecule has 1 atom stereocenters. The maximum atomic E-state index is 12.2. The Labute approximate surface area is 117 Å². The fourth-order valence-electron chi connectivity index (χ4n) is 2.49. The van der Waals surface area contributed by atoms with Crippen molar-refractivity contribution in [3.05, 3.63) is 24.0 Å². The lowest BCUT2D eigenvalue weighted by atomic mass is 9.99. The molecule has 0 aromatic carbocycles. The van der Waals surface area contributed by atoms with Crippen LogP contribution in [-0.4, -0.2) is 44.3 Å². The maximum Gasteiger partial charge on any atom is 0.305 e. The van der Waals surface area contributed by atoms with Gasteiger partial charge in [-0.25, -0.2) is 0 Å². The van der Waals surface area contributed by atoms with Crippen molar-refractivity contribution < 1.29 is 14.7 Å². The van der Waals surface area contributed by atoms with Crippen LogP contribution in [0.1, 0.15) is 31.2 Å². The lowest BCUT2D eigenvalue weighted by Crippen LogP contribution is -2.44. The summed E-state index contributed by atoms with van der Waals surface area (Å²) in [6.07, 6.45) is 9.39. The summed E-state index contributed by atoms with van der Waals surface area (Å²) in [5, 5.41) is 12.9. The molecule has 1 aliphatic rings. The van der Waals surface area contributed by atoms with E-state index in [4.69, 9.17) is 5.11 Å². The lowest BCUT2D eigenvalue weighted by molar-refractivity contribution is -0.140. The molecule has 1 aromatic rings. The number of carbonyl (C=O) groups is 2. The summed E-state index contributed by atoms with van der Waals surface area (Å²) < 4.78 is 1.66. The van der Waals surface area contributed by atoms with E-state index in [1.165, 1.54) is 6.08 Å². The van der Waals surface area contributed by atoms with Crippen LogP contribution in [0.3, 0.4) is 0 Å². The Bertz CT molecular complexity index is 521. The monoisotopic (exact) mass is 277 g/mol. The minimum absolute atomic E-state index is 0.0203. The highest BCUT2D eigenvalue weighted by atomic mass is 16.4. The molecule has 1 fully saturated rings. The van der Waals surface area contributed by atoms with Gasteiger partial charge in [0.15, 0.2) is 0 Å². The molecule has 6 heteroatoms. The van der Waals surface area contributed by atoms with Gasteiger partial charge in [0.05, 0.1) is 12.6 Å². The number of aryl methyl sites for hydroxylation is 1. The van der Waals surface area contributed by atoms with Gasteiger partial charge in [-0.3, -0.25) is 14.3 Å². The van der Waals surface area contributed by atoms with Gasteiger partial charge in [-0.2, -0.15) is 5.10 Å². The first kappa shape index (κ1) is 14.3. The van der Waals surface area contributed by atoms with Crippen molar-refractivity contribution in [1.82, 2.24) is 14.7 Å². The number of hydrogen-bond donors (Lipinski definition) is 1. The Morgan fingerprint density at radius 3 is 2.95 bits per heavy atom. The van der Waals surface area contributed by atoms with Crippen LogP contribution < -0.4 is 0 Å². The van der Waals surface area contributed by atoms with Crippen LogP contribution >= 0.6 is 0 Å². The number of carboxylic acids is 1. The molecule has 108 valence electrons. The van der Waals surface area contributed by atoms with E-state index in [2.05, 4.69) is 5.10 Å². The van der Waals surface area contributed by atoms with Crippen LogP contribution in [0.2, 0.25) is 0 Å². The Hall–Kier alpha value is -2.11. The highest BCUT2D eigenvalue weighted by molar-refractivity contribution is 5.92. The molecule has 1 amide bonds. The Morgan fingerprint density at radius 1 is 1.50 bits per heavy atom. The van der Waals surface area contributed by atoms with E-state index in [0.29, 0.717) is 6.54 Å². The molecule has 1 aromatic heterocycles. The standard InChI is InChI=1S/C14H19N3O3/c1-16-10-11(9-15-16)5-6-13(18)17-7-3-2-4-12(17)8-14(19)20/h5-6,9-10,12H,2-4,7-8H2,1H3,(H,19,20)/b6-5+. The first-order chi connectivity index (χ1) is 9.56. The minimum atomic E-state index is -0.856. The zero-order chi connectivity index (χ0) is 14.5. The second-order valence-electron chi connectivity index (χ2n) is 5.06. The molecule has 20 heavy (non-hydrogen) atoms. The SMILES string of the molecule is Cn1cc(/C=C/C(=O)N2CCCCC2CC(=O)O)cn1. The molecule has 1 saturated heterocycles. The number of carbonyl (C=O) groups excluding carboxylic acids is 1. The number of carboxylic acid groups (broad SMARTS) is 1. The van der Waals surface area contributed by atoms with Crippen LogP contribution in [-0.2, 0) is 16.6 Å². The van der Waals surface area contributed by atoms with Gasteiger partial charge in [0.1, 0.15) is 0 Å². The zero-order valence-corrected chi connectivity index (χ0v) is 11.5. The molecule has 2 heterocycles. The van der Waals surface area contributed by atoms with E-state index in [0.717, 1.165) is 24.8 Å². The maximum absolute atomic E-state index is 12.2. The summed E-state index contributed by atoms with van der Waals surface area (Å²) in [4.78, 5) is 24.7. The van der Waals surface area contributed by atoms with Gasteiger partial charge in [-0.1, -0.05) is 0 Å². The van der Waals surface area contributed by atoms with E-state index in [1.54, 1.807) is 21.9 Å². The number of likely N-dealkylation sites (tertiary alicyclic amines) is 1. The number of rotatable bonds is 4. The van der Waals surface area contributed by atoms with Crippen molar-refractivity contribution >= 4 is 18.0 Å². The van der Waals surface area contributed by atoms with Crippen molar-refractivity contribution in [1.29, 1.82) is 0 Å². The average molecular weight is 277 g/mol. The molecule has 1 N–H and O–H groups in total. The summed E-state index contributed by atoms with van der Waals surface area (Å²) in [6, 6.07) is -0.188. The van der Waals surface area contributed by atoms with Gasteiger partial charge >= 0.3 is 5.97 Å². The Kier molecular flexibility index (Phi) is 4.55. The van der Waals surface area contributed by atoms with E-state index in [-0.39, 0.29) is 18.4 Å². The van der Waals surface area contributed by atoms with Crippen LogP contribution in [0.25, 0.3) is 6.08 Å². The van der Waals surface area contributed by atoms with E-state index >= 15 is 0 Å². The summed E-state index contributed by atoms with van der Waals surface area (Å²) in [5.74, 6) is -0.981. The highest BCUT2D eigenvalue weighted by Gasteiger charge is 2.27. The third kappa shape index (κ3) is 3.69. The number of nitrogens with zero attached hydrogens (tertiary/aromatic N) is 3. The first-order valence-electron chi connectivity index (χ1n) is 6.75. The zero-order valence-electron chi connectivity index (χ0n) is 11.5. The number of aromatic nitrogens is 2. The van der Waals surface area contributed by atoms with Crippen molar-refractivity contribution in [2.75, 3.05) is 6.54 Å². The quantitative estimate of drug-likeness (QED) is 0.841. The van der Waals surface area contributed by atoms with Gasteiger partial charge in [0.25, 0.3) is 0 Å². The van der Waals surface area contributed by atoms with Gasteiger partial charge in [-0.05, 0) is 25.3 Å². The fraction of sp³-hybridized carbons (Fsp3) is 0.500. The molecule has 0 aliphatic carbocycles. The smallest absolute Gasteiger partial charge is 0.305 e. The summed E-state index contributed by atoms with van der Waals surface area (Å²) >= 11 is 0. The van der Waals surface area contributed by atoms with Gasteiger partial charge in [0, 0.05) is 37.5 Å². The van der Waals surface area contributed by atoms with Crippen molar-refractivity contribution in [3.8, 4) is 0 Å². The summed E-state index contributed by atoms with van der Waals surface area (Å²) in [5.41, 5.74) is 0.854. The molecule has 1 aliphatic heterocycles. The van der Waals surface area contributed by atoms with Crippen LogP contribution in [0.4, 0.5) is 0 Å². The number of aliphatic carboxylic acids is 1. The highest BCUT2D eigenvalue weighted by Crippen LogP contribution is 2.20. The second-order valence-corrected chi connectivity index (χ2v) is 5.06. The minimum Gasteiger partial charge on any atom is -0.481 e. The normalized spacial score (nSPS) is 19.4. The van der Waals surface area contributed by atoms with Gasteiger partial charge in [-0.15, -0.1) is 0 Å². The van der Waals surface area contributed by atoms with Crippen molar-refractivity contribution in [2.45, 2.75) is 31.7 Å². The summed E-state index contributed by atoms with van der Waals surface area (Å²) in [7, 11) is 1.81. The lowest BCUT2D eigenvalue weighted by Gasteiger charge is -2.34. The molecule has 0 saturated carbocycles. The van der Waals surface area contributed by atoms with Crippen LogP contribution in [0.5, 0.6) is 0 Å². The van der Waals surface area contributed by atoms with Crippen LogP contribution in [0, 0.1) is 0 Å². The van der Waals surface area contributed by atoms with Crippen molar-refractivity contribution in [3.63, 3.8) is 0 Å². The molecular weight excluding hydrogens is 258 g/mol. The predicted molar refractivity (Wildman–Crippen MR) is 73.8 cm³/mol. The first-order valence-corrected chi connectivity index (χ1v) is 6.75. The summed E-state index contributed by atoms with van der Waals surface area (Å²) in [6.45, 7) is 0.633. The molecule has 0 spiro atoms. The molecule has 6 nitrogen and oxygen atoms in total. The predicted octanol–water partition coefficient (Wildman–Crippen LogP) is 1.29. The largest absolute Gasteiger partial charge is 0.481 e. The Balaban J connectivity index is 2.02. The van der Waals surface area contributed by atoms with E-state index < -0.39 is 5.97 Å². The molecule has 0 bridgehead atoms. The molecular formula is C14H19N3O3. The fourth-order valence-corrected chi connectivity index (χ4v) is 2.49. The van der Waals surface area contributed by atoms with Crippen molar-refractivity contribution in [2.24, 2.45) is 7.05 Å². The third-order valence-electron chi connectivity index (χ3n) is 3.46. The van der Waals surface area contributed by atoms with E-state index in [9.17, 15) is 9.59 Å². The number of piperidine rings is 1. The van der Waals surface area contributed by atoms with Gasteiger partial charge in [0.2, 0.25) is 5.91 Å². The Morgan fingerprint density at radius 2 is 2.30 bits per heavy atom. The molecule has 2 rings (SSSR count). The van der Waals surface area contributed by atoms with Gasteiger partial charge < -0.3 is 10.0 Å². The average Bonchev–Trinajstić information content (AvgIpc) is 2.82. The number of hydrogen-bond acceptors (Lipinski definition) is 3. The topological polar surface area (TPSA) is 75.4 Å². The molecule has 1 unspecified atom stereocenters.